The molecule has 3 heteroatoms. The largest absolute Gasteiger partial charge is 0.349 e. The molecule has 0 aliphatic carbocycles. The molecular weight excluding hydrogens is 260 g/mol. The van der Waals surface area contributed by atoms with Gasteiger partial charge in [0.2, 0.25) is 0 Å². The van der Waals surface area contributed by atoms with E-state index >= 15 is 0 Å². The van der Waals surface area contributed by atoms with Crippen LogP contribution in [0.25, 0.3) is 0 Å². The second-order valence-corrected chi connectivity index (χ2v) is 6.43. The first-order chi connectivity index (χ1) is 10.0. The summed E-state index contributed by atoms with van der Waals surface area (Å²) in [6.45, 7) is 8.67. The number of hydrogen-bond donors (Lipinski definition) is 1. The molecule has 3 nitrogen and oxygen atoms in total. The molecule has 1 unspecified atom stereocenters. The summed E-state index contributed by atoms with van der Waals surface area (Å²) in [6.07, 6.45) is 3.19. The number of hydrogen-bond acceptors (Lipinski definition) is 2. The van der Waals surface area contributed by atoms with Gasteiger partial charge in [-0.15, -0.1) is 0 Å². The van der Waals surface area contributed by atoms with Crippen LogP contribution in [-0.4, -0.2) is 37.0 Å². The summed E-state index contributed by atoms with van der Waals surface area (Å²) in [6, 6.07) is 6.42. The van der Waals surface area contributed by atoms with Crippen LogP contribution in [0.4, 0.5) is 0 Å². The minimum atomic E-state index is 0.0779. The average Bonchev–Trinajstić information content (AvgIpc) is 2.49. The molecule has 0 saturated carbocycles. The van der Waals surface area contributed by atoms with Gasteiger partial charge in [-0.3, -0.25) is 4.79 Å². The van der Waals surface area contributed by atoms with Crippen LogP contribution < -0.4 is 5.32 Å². The van der Waals surface area contributed by atoms with Crippen LogP contribution in [-0.2, 0) is 0 Å². The second-order valence-electron chi connectivity index (χ2n) is 6.43. The SMILES string of the molecule is CCC(C)c1cc(C(=O)NC2CCN(C)CC2)ccc1C. The van der Waals surface area contributed by atoms with E-state index in [1.54, 1.807) is 0 Å². The van der Waals surface area contributed by atoms with E-state index in [1.807, 2.05) is 6.07 Å². The number of aryl methyl sites for hydroxylation is 1. The molecule has 0 spiro atoms. The zero-order valence-corrected chi connectivity index (χ0v) is 13.8. The van der Waals surface area contributed by atoms with Crippen molar-refractivity contribution in [2.24, 2.45) is 0 Å². The highest BCUT2D eigenvalue weighted by atomic mass is 16.1. The Bertz CT molecular complexity index is 490. The molecule has 1 fully saturated rings. The Morgan fingerprint density at radius 3 is 2.67 bits per heavy atom. The van der Waals surface area contributed by atoms with Gasteiger partial charge in [-0.1, -0.05) is 19.9 Å². The molecule has 116 valence electrons. The third-order valence-corrected chi connectivity index (χ3v) is 4.74. The fourth-order valence-corrected chi connectivity index (χ4v) is 2.95. The Kier molecular flexibility index (Phi) is 5.40. The van der Waals surface area contributed by atoms with E-state index in [1.165, 1.54) is 11.1 Å². The number of amides is 1. The highest BCUT2D eigenvalue weighted by Gasteiger charge is 2.19. The lowest BCUT2D eigenvalue weighted by Crippen LogP contribution is -2.43. The molecule has 1 aromatic rings. The third-order valence-electron chi connectivity index (χ3n) is 4.74. The van der Waals surface area contributed by atoms with Gasteiger partial charge in [0.15, 0.2) is 0 Å². The van der Waals surface area contributed by atoms with Gasteiger partial charge < -0.3 is 10.2 Å². The predicted octanol–water partition coefficient (Wildman–Crippen LogP) is 3.33. The van der Waals surface area contributed by atoms with Crippen molar-refractivity contribution in [1.29, 1.82) is 0 Å². The van der Waals surface area contributed by atoms with Crippen LogP contribution in [0.15, 0.2) is 18.2 Å². The first-order valence-electron chi connectivity index (χ1n) is 8.11. The number of carbonyl (C=O) groups is 1. The topological polar surface area (TPSA) is 32.3 Å². The van der Waals surface area contributed by atoms with E-state index in [4.69, 9.17) is 0 Å². The fourth-order valence-electron chi connectivity index (χ4n) is 2.95. The van der Waals surface area contributed by atoms with Gasteiger partial charge in [-0.2, -0.15) is 0 Å². The molecule has 1 aliphatic rings. The van der Waals surface area contributed by atoms with Gasteiger partial charge in [-0.05, 0) is 75.5 Å². The Labute approximate surface area is 128 Å². The quantitative estimate of drug-likeness (QED) is 0.921. The fraction of sp³-hybridized carbons (Fsp3) is 0.611. The Hall–Kier alpha value is -1.35. The summed E-state index contributed by atoms with van der Waals surface area (Å²) < 4.78 is 0. The molecule has 1 amide bonds. The summed E-state index contributed by atoms with van der Waals surface area (Å²) in [5.74, 6) is 0.579. The lowest BCUT2D eigenvalue weighted by Gasteiger charge is -2.29. The first-order valence-corrected chi connectivity index (χ1v) is 8.11. The molecule has 2 rings (SSSR count). The van der Waals surface area contributed by atoms with Crippen LogP contribution in [0.2, 0.25) is 0 Å². The molecule has 0 aromatic heterocycles. The number of rotatable bonds is 4. The van der Waals surface area contributed by atoms with Gasteiger partial charge in [0.05, 0.1) is 0 Å². The molecule has 21 heavy (non-hydrogen) atoms. The maximum Gasteiger partial charge on any atom is 0.251 e. The average molecular weight is 288 g/mol. The van der Waals surface area contributed by atoms with Crippen LogP contribution in [0, 0.1) is 6.92 Å². The van der Waals surface area contributed by atoms with Crippen LogP contribution in [0.3, 0.4) is 0 Å². The molecule has 1 N–H and O–H groups in total. The minimum Gasteiger partial charge on any atom is -0.349 e. The monoisotopic (exact) mass is 288 g/mol. The van der Waals surface area contributed by atoms with Crippen molar-refractivity contribution in [1.82, 2.24) is 10.2 Å². The zero-order valence-electron chi connectivity index (χ0n) is 13.8. The number of benzene rings is 1. The van der Waals surface area contributed by atoms with E-state index in [9.17, 15) is 4.79 Å². The van der Waals surface area contributed by atoms with Gasteiger partial charge in [-0.25, -0.2) is 0 Å². The normalized spacial score (nSPS) is 18.5. The van der Waals surface area contributed by atoms with Crippen LogP contribution in [0.1, 0.15) is 60.5 Å². The lowest BCUT2D eigenvalue weighted by molar-refractivity contribution is 0.0916. The van der Waals surface area contributed by atoms with Crippen molar-refractivity contribution in [3.8, 4) is 0 Å². The third kappa shape index (κ3) is 4.07. The minimum absolute atomic E-state index is 0.0779. The highest BCUT2D eigenvalue weighted by Crippen LogP contribution is 2.23. The van der Waals surface area contributed by atoms with Crippen molar-refractivity contribution in [2.45, 2.75) is 52.0 Å². The van der Waals surface area contributed by atoms with Gasteiger partial charge in [0.1, 0.15) is 0 Å². The summed E-state index contributed by atoms with van der Waals surface area (Å²) in [7, 11) is 2.14. The zero-order chi connectivity index (χ0) is 15.4. The molecular formula is C18H28N2O. The molecule has 1 saturated heterocycles. The number of nitrogens with zero attached hydrogens (tertiary/aromatic N) is 1. The van der Waals surface area contributed by atoms with Crippen molar-refractivity contribution < 1.29 is 4.79 Å². The highest BCUT2D eigenvalue weighted by molar-refractivity contribution is 5.94. The van der Waals surface area contributed by atoms with Crippen molar-refractivity contribution in [3.05, 3.63) is 34.9 Å². The summed E-state index contributed by atoms with van der Waals surface area (Å²) >= 11 is 0. The van der Waals surface area contributed by atoms with Gasteiger partial charge in [0.25, 0.3) is 5.91 Å². The predicted molar refractivity (Wildman–Crippen MR) is 87.9 cm³/mol. The van der Waals surface area contributed by atoms with Crippen LogP contribution in [0.5, 0.6) is 0 Å². The van der Waals surface area contributed by atoms with Crippen molar-refractivity contribution in [2.75, 3.05) is 20.1 Å². The van der Waals surface area contributed by atoms with E-state index in [0.29, 0.717) is 12.0 Å². The van der Waals surface area contributed by atoms with E-state index < -0.39 is 0 Å². The number of piperidine rings is 1. The standard InChI is InChI=1S/C18H28N2O/c1-5-13(2)17-12-15(7-6-14(17)3)18(21)19-16-8-10-20(4)11-9-16/h6-7,12-13,16H,5,8-11H2,1-4H3,(H,19,21). The van der Waals surface area contributed by atoms with Crippen LogP contribution >= 0.6 is 0 Å². The maximum atomic E-state index is 12.4. The summed E-state index contributed by atoms with van der Waals surface area (Å²) in [5.41, 5.74) is 3.38. The lowest BCUT2D eigenvalue weighted by atomic mass is 9.92. The number of likely N-dealkylation sites (tertiary alicyclic amines) is 1. The van der Waals surface area contributed by atoms with Crippen molar-refractivity contribution >= 4 is 5.91 Å². The van der Waals surface area contributed by atoms with Gasteiger partial charge in [0, 0.05) is 11.6 Å². The van der Waals surface area contributed by atoms with E-state index in [-0.39, 0.29) is 5.91 Å². The molecule has 0 radical (unpaired) electrons. The number of nitrogens with one attached hydrogen (secondary N) is 1. The Balaban J connectivity index is 2.05. The summed E-state index contributed by atoms with van der Waals surface area (Å²) in [4.78, 5) is 14.8. The molecule has 0 bridgehead atoms. The second kappa shape index (κ2) is 7.08. The first kappa shape index (κ1) is 16.0. The Morgan fingerprint density at radius 1 is 1.38 bits per heavy atom. The van der Waals surface area contributed by atoms with Crippen molar-refractivity contribution in [3.63, 3.8) is 0 Å². The Morgan fingerprint density at radius 2 is 2.05 bits per heavy atom. The summed E-state index contributed by atoms with van der Waals surface area (Å²) in [5, 5.41) is 3.19. The smallest absolute Gasteiger partial charge is 0.251 e. The maximum absolute atomic E-state index is 12.4. The number of carbonyl (C=O) groups excluding carboxylic acids is 1. The van der Waals surface area contributed by atoms with E-state index in [2.05, 4.69) is 50.2 Å². The van der Waals surface area contributed by atoms with E-state index in [0.717, 1.165) is 37.9 Å². The molecule has 1 heterocycles. The molecule has 1 atom stereocenters. The molecule has 1 aliphatic heterocycles. The van der Waals surface area contributed by atoms with Gasteiger partial charge >= 0.3 is 0 Å². The molecule has 1 aromatic carbocycles.